The molecule has 1 saturated heterocycles. The van der Waals surface area contributed by atoms with Crippen LogP contribution in [0.4, 0.5) is 0 Å². The van der Waals surface area contributed by atoms with E-state index in [0.717, 1.165) is 41.6 Å². The molecule has 1 aliphatic heterocycles. The molecule has 1 fully saturated rings. The number of hydrogen-bond donors (Lipinski definition) is 1. The Kier molecular flexibility index (Phi) is 6.12. The van der Waals surface area contributed by atoms with Crippen LogP contribution in [0.5, 0.6) is 5.75 Å². The van der Waals surface area contributed by atoms with Crippen LogP contribution in [0.25, 0.3) is 10.8 Å². The molecule has 5 heteroatoms. The zero-order valence-corrected chi connectivity index (χ0v) is 16.0. The Labute approximate surface area is 155 Å². The normalized spacial score (nSPS) is 18.0. The largest absolute Gasteiger partial charge is 0.497 e. The molecule has 3 rings (SSSR count). The zero-order valence-electron chi connectivity index (χ0n) is 16.0. The van der Waals surface area contributed by atoms with Crippen LogP contribution in [0, 0.1) is 0 Å². The van der Waals surface area contributed by atoms with Crippen molar-refractivity contribution in [2.24, 2.45) is 0 Å². The van der Waals surface area contributed by atoms with Crippen LogP contribution in [-0.2, 0) is 11.3 Å². The van der Waals surface area contributed by atoms with Crippen LogP contribution in [-0.4, -0.2) is 62.6 Å². The Morgan fingerprint density at radius 2 is 2.04 bits per heavy atom. The molecule has 0 bridgehead atoms. The Morgan fingerprint density at radius 3 is 2.81 bits per heavy atom. The number of hydrogen-bond acceptors (Lipinski definition) is 4. The highest BCUT2D eigenvalue weighted by Gasteiger charge is 2.21. The van der Waals surface area contributed by atoms with Gasteiger partial charge in [-0.05, 0) is 61.0 Å². The van der Waals surface area contributed by atoms with Gasteiger partial charge in [0.25, 0.3) is 0 Å². The summed E-state index contributed by atoms with van der Waals surface area (Å²) in [6.45, 7) is 3.09. The van der Waals surface area contributed by atoms with Crippen LogP contribution in [0.2, 0.25) is 0 Å². The summed E-state index contributed by atoms with van der Waals surface area (Å²) in [6.07, 6.45) is 2.34. The van der Waals surface area contributed by atoms with Crippen LogP contribution >= 0.6 is 0 Å². The van der Waals surface area contributed by atoms with Gasteiger partial charge in [0.2, 0.25) is 5.91 Å². The van der Waals surface area contributed by atoms with E-state index in [9.17, 15) is 4.79 Å². The molecule has 1 heterocycles. The summed E-state index contributed by atoms with van der Waals surface area (Å²) < 4.78 is 5.27. The number of rotatable bonds is 6. The fourth-order valence-corrected chi connectivity index (χ4v) is 3.61. The minimum atomic E-state index is 0.177. The number of amides is 1. The summed E-state index contributed by atoms with van der Waals surface area (Å²) >= 11 is 0. The standard InChI is InChI=1S/C21H29N3O2/c1-22-19-5-4-10-24(14-19)15-21(25)23(2)13-16-6-7-18-12-20(26-3)9-8-17(18)11-16/h6-9,11-12,19,22H,4-5,10,13-15H2,1-3H3. The number of nitrogens with zero attached hydrogens (tertiary/aromatic N) is 2. The highest BCUT2D eigenvalue weighted by atomic mass is 16.5. The van der Waals surface area contributed by atoms with Crippen molar-refractivity contribution in [3.63, 3.8) is 0 Å². The molecule has 5 nitrogen and oxygen atoms in total. The van der Waals surface area contributed by atoms with E-state index in [-0.39, 0.29) is 5.91 Å². The van der Waals surface area contributed by atoms with Crippen molar-refractivity contribution in [2.75, 3.05) is 40.8 Å². The number of piperidine rings is 1. The molecule has 0 aliphatic carbocycles. The summed E-state index contributed by atoms with van der Waals surface area (Å²) in [5.41, 5.74) is 1.14. The molecule has 1 unspecified atom stereocenters. The van der Waals surface area contributed by atoms with Crippen molar-refractivity contribution in [3.05, 3.63) is 42.0 Å². The molecule has 2 aromatic carbocycles. The molecule has 1 atom stereocenters. The maximum atomic E-state index is 12.6. The quantitative estimate of drug-likeness (QED) is 0.865. The first-order chi connectivity index (χ1) is 12.6. The third-order valence-electron chi connectivity index (χ3n) is 5.23. The monoisotopic (exact) mass is 355 g/mol. The summed E-state index contributed by atoms with van der Waals surface area (Å²) in [4.78, 5) is 16.7. The fraction of sp³-hybridized carbons (Fsp3) is 0.476. The third-order valence-corrected chi connectivity index (χ3v) is 5.23. The zero-order chi connectivity index (χ0) is 18.5. The smallest absolute Gasteiger partial charge is 0.236 e. The molecular formula is C21H29N3O2. The lowest BCUT2D eigenvalue weighted by Gasteiger charge is -2.33. The first kappa shape index (κ1) is 18.7. The average Bonchev–Trinajstić information content (AvgIpc) is 2.67. The van der Waals surface area contributed by atoms with E-state index >= 15 is 0 Å². The molecule has 0 aromatic heterocycles. The second-order valence-corrected chi connectivity index (χ2v) is 7.16. The molecule has 0 radical (unpaired) electrons. The molecule has 140 valence electrons. The molecule has 1 N–H and O–H groups in total. The van der Waals surface area contributed by atoms with Crippen molar-refractivity contribution in [3.8, 4) is 5.75 Å². The lowest BCUT2D eigenvalue weighted by Crippen LogP contribution is -2.48. The van der Waals surface area contributed by atoms with E-state index in [2.05, 4.69) is 34.5 Å². The molecule has 1 aliphatic rings. The molecule has 26 heavy (non-hydrogen) atoms. The number of nitrogens with one attached hydrogen (secondary N) is 1. The summed E-state index contributed by atoms with van der Waals surface area (Å²) in [7, 11) is 5.56. The van der Waals surface area contributed by atoms with E-state index in [1.54, 1.807) is 7.11 Å². The minimum Gasteiger partial charge on any atom is -0.497 e. The van der Waals surface area contributed by atoms with Crippen molar-refractivity contribution < 1.29 is 9.53 Å². The number of fused-ring (bicyclic) bond motifs is 1. The van der Waals surface area contributed by atoms with Crippen molar-refractivity contribution in [1.82, 2.24) is 15.1 Å². The average molecular weight is 355 g/mol. The summed E-state index contributed by atoms with van der Waals surface area (Å²) in [6, 6.07) is 12.9. The van der Waals surface area contributed by atoms with Crippen LogP contribution in [0.15, 0.2) is 36.4 Å². The number of benzene rings is 2. The van der Waals surface area contributed by atoms with Crippen LogP contribution in [0.3, 0.4) is 0 Å². The van der Waals surface area contributed by atoms with Crippen molar-refractivity contribution in [2.45, 2.75) is 25.4 Å². The number of ether oxygens (including phenoxy) is 1. The SMILES string of the molecule is CNC1CCCN(CC(=O)N(C)Cc2ccc3cc(OC)ccc3c2)C1. The van der Waals surface area contributed by atoms with Crippen LogP contribution in [0.1, 0.15) is 18.4 Å². The van der Waals surface area contributed by atoms with E-state index in [0.29, 0.717) is 19.1 Å². The van der Waals surface area contributed by atoms with Gasteiger partial charge in [-0.3, -0.25) is 9.69 Å². The highest BCUT2D eigenvalue weighted by molar-refractivity contribution is 5.84. The van der Waals surface area contributed by atoms with Gasteiger partial charge < -0.3 is 15.0 Å². The predicted molar refractivity (Wildman–Crippen MR) is 105 cm³/mol. The number of carbonyl (C=O) groups is 1. The van der Waals surface area contributed by atoms with Gasteiger partial charge in [0.15, 0.2) is 0 Å². The van der Waals surface area contributed by atoms with Crippen molar-refractivity contribution in [1.29, 1.82) is 0 Å². The van der Waals surface area contributed by atoms with E-state index in [1.807, 2.05) is 31.1 Å². The number of likely N-dealkylation sites (N-methyl/N-ethyl adjacent to an activating group) is 2. The Morgan fingerprint density at radius 1 is 1.27 bits per heavy atom. The van der Waals surface area contributed by atoms with E-state index in [4.69, 9.17) is 4.74 Å². The molecule has 0 saturated carbocycles. The van der Waals surface area contributed by atoms with Crippen molar-refractivity contribution >= 4 is 16.7 Å². The highest BCUT2D eigenvalue weighted by Crippen LogP contribution is 2.22. The predicted octanol–water partition coefficient (Wildman–Crippen LogP) is 2.49. The summed E-state index contributed by atoms with van der Waals surface area (Å²) in [5, 5.41) is 5.64. The van der Waals surface area contributed by atoms with Crippen LogP contribution < -0.4 is 10.1 Å². The van der Waals surface area contributed by atoms with E-state index in [1.165, 1.54) is 6.42 Å². The van der Waals surface area contributed by atoms with Gasteiger partial charge >= 0.3 is 0 Å². The summed E-state index contributed by atoms with van der Waals surface area (Å²) in [5.74, 6) is 1.04. The fourth-order valence-electron chi connectivity index (χ4n) is 3.61. The maximum absolute atomic E-state index is 12.6. The lowest BCUT2D eigenvalue weighted by molar-refractivity contribution is -0.132. The topological polar surface area (TPSA) is 44.8 Å². The molecule has 2 aromatic rings. The number of methoxy groups -OCH3 is 1. The lowest BCUT2D eigenvalue weighted by atomic mass is 10.1. The first-order valence-electron chi connectivity index (χ1n) is 9.29. The Bertz CT molecular complexity index is 762. The molecule has 0 spiro atoms. The number of carbonyl (C=O) groups excluding carboxylic acids is 1. The molecular weight excluding hydrogens is 326 g/mol. The Hall–Kier alpha value is -2.11. The van der Waals surface area contributed by atoms with Gasteiger partial charge in [-0.15, -0.1) is 0 Å². The Balaban J connectivity index is 1.60. The van der Waals surface area contributed by atoms with Gasteiger partial charge in [-0.25, -0.2) is 0 Å². The van der Waals surface area contributed by atoms with Gasteiger partial charge in [0.1, 0.15) is 5.75 Å². The number of likely N-dealkylation sites (tertiary alicyclic amines) is 1. The van der Waals surface area contributed by atoms with Gasteiger partial charge in [-0.1, -0.05) is 18.2 Å². The second-order valence-electron chi connectivity index (χ2n) is 7.16. The van der Waals surface area contributed by atoms with Gasteiger partial charge in [0.05, 0.1) is 13.7 Å². The third kappa shape index (κ3) is 4.54. The minimum absolute atomic E-state index is 0.177. The van der Waals surface area contributed by atoms with E-state index < -0.39 is 0 Å². The molecule has 1 amide bonds. The van der Waals surface area contributed by atoms with Gasteiger partial charge in [0, 0.05) is 26.2 Å². The maximum Gasteiger partial charge on any atom is 0.236 e. The first-order valence-corrected chi connectivity index (χ1v) is 9.29. The second kappa shape index (κ2) is 8.52. The van der Waals surface area contributed by atoms with Gasteiger partial charge in [-0.2, -0.15) is 0 Å².